The van der Waals surface area contributed by atoms with E-state index < -0.39 is 9.84 Å². The van der Waals surface area contributed by atoms with Crippen LogP contribution in [0, 0.1) is 0 Å². The van der Waals surface area contributed by atoms with Gasteiger partial charge in [-0.15, -0.1) is 0 Å². The van der Waals surface area contributed by atoms with E-state index in [0.29, 0.717) is 30.4 Å². The molecule has 0 spiro atoms. The van der Waals surface area contributed by atoms with Crippen molar-refractivity contribution in [3.8, 4) is 5.88 Å². The number of halogens is 1. The van der Waals surface area contributed by atoms with Crippen LogP contribution in [0.4, 0.5) is 0 Å². The van der Waals surface area contributed by atoms with E-state index in [9.17, 15) is 8.42 Å². The van der Waals surface area contributed by atoms with Crippen LogP contribution >= 0.6 is 11.6 Å². The van der Waals surface area contributed by atoms with Crippen LogP contribution in [0.1, 0.15) is 16.8 Å². The van der Waals surface area contributed by atoms with E-state index in [1.807, 2.05) is 6.07 Å². The average Bonchev–Trinajstić information content (AvgIpc) is 2.53. The minimum atomic E-state index is -3.38. The average molecular weight is 369 g/mol. The van der Waals surface area contributed by atoms with Crippen molar-refractivity contribution in [2.45, 2.75) is 24.7 Å². The summed E-state index contributed by atoms with van der Waals surface area (Å²) in [7, 11) is -1.85. The van der Waals surface area contributed by atoms with Gasteiger partial charge < -0.3 is 4.74 Å². The lowest BCUT2D eigenvalue weighted by Crippen LogP contribution is -2.31. The molecule has 0 unspecified atom stereocenters. The molecule has 0 amide bonds. The Morgan fingerprint density at radius 1 is 1.33 bits per heavy atom. The van der Waals surface area contributed by atoms with E-state index in [-0.39, 0.29) is 5.16 Å². The molecule has 0 saturated carbocycles. The van der Waals surface area contributed by atoms with Gasteiger partial charge >= 0.3 is 0 Å². The normalized spacial score (nSPS) is 15.1. The predicted octanol–water partition coefficient (Wildman–Crippen LogP) is 1.50. The van der Waals surface area contributed by atoms with E-state index in [0.717, 1.165) is 29.6 Å². The van der Waals surface area contributed by atoms with Crippen molar-refractivity contribution < 1.29 is 13.2 Å². The molecule has 0 saturated heterocycles. The highest BCUT2D eigenvalue weighted by molar-refractivity contribution is 7.90. The number of hydrogen-bond acceptors (Lipinski definition) is 7. The van der Waals surface area contributed by atoms with Gasteiger partial charge in [-0.1, -0.05) is 11.6 Å². The smallest absolute Gasteiger partial charge is 0.246 e. The summed E-state index contributed by atoms with van der Waals surface area (Å²) >= 11 is 6.11. The zero-order chi connectivity index (χ0) is 17.3. The minimum absolute atomic E-state index is 0.110. The maximum atomic E-state index is 11.5. The first kappa shape index (κ1) is 17.1. The van der Waals surface area contributed by atoms with E-state index in [4.69, 9.17) is 16.3 Å². The second-order valence-corrected chi connectivity index (χ2v) is 8.01. The molecule has 9 heteroatoms. The molecule has 0 fully saturated rings. The van der Waals surface area contributed by atoms with E-state index in [2.05, 4.69) is 19.9 Å². The first-order valence-corrected chi connectivity index (χ1v) is 9.59. The molecule has 2 aromatic heterocycles. The molecule has 0 bridgehead atoms. The maximum absolute atomic E-state index is 11.5. The Bertz CT molecular complexity index is 873. The number of ether oxygens (including phenoxy) is 1. The highest BCUT2D eigenvalue weighted by atomic mass is 35.5. The quantitative estimate of drug-likeness (QED) is 0.756. The third-order valence-corrected chi connectivity index (χ3v) is 4.92. The van der Waals surface area contributed by atoms with Crippen molar-refractivity contribution in [3.05, 3.63) is 40.3 Å². The maximum Gasteiger partial charge on any atom is 0.246 e. The molecule has 0 aromatic carbocycles. The fourth-order valence-electron chi connectivity index (χ4n) is 2.63. The van der Waals surface area contributed by atoms with Gasteiger partial charge in [0.1, 0.15) is 5.02 Å². The Morgan fingerprint density at radius 3 is 2.79 bits per heavy atom. The third kappa shape index (κ3) is 3.66. The van der Waals surface area contributed by atoms with Crippen molar-refractivity contribution >= 4 is 21.4 Å². The van der Waals surface area contributed by atoms with Gasteiger partial charge in [-0.25, -0.2) is 23.4 Å². The van der Waals surface area contributed by atoms with Crippen LogP contribution in [0.5, 0.6) is 5.88 Å². The molecule has 0 radical (unpaired) electrons. The van der Waals surface area contributed by atoms with Crippen LogP contribution in [0.2, 0.25) is 5.02 Å². The van der Waals surface area contributed by atoms with Crippen molar-refractivity contribution in [3.63, 3.8) is 0 Å². The zero-order valence-electron chi connectivity index (χ0n) is 13.4. The second kappa shape index (κ2) is 6.62. The second-order valence-electron chi connectivity index (χ2n) is 5.69. The third-order valence-electron chi connectivity index (χ3n) is 3.79. The Morgan fingerprint density at radius 2 is 2.12 bits per heavy atom. The van der Waals surface area contributed by atoms with E-state index in [1.54, 1.807) is 12.4 Å². The van der Waals surface area contributed by atoms with Crippen LogP contribution in [-0.2, 0) is 29.3 Å². The number of nitrogens with zero attached hydrogens (tertiary/aromatic N) is 4. The van der Waals surface area contributed by atoms with Gasteiger partial charge in [-0.2, -0.15) is 0 Å². The largest absolute Gasteiger partial charge is 0.480 e. The molecule has 1 aliphatic rings. The van der Waals surface area contributed by atoms with Crippen LogP contribution in [0.3, 0.4) is 0 Å². The van der Waals surface area contributed by atoms with Crippen LogP contribution in [-0.4, -0.2) is 48.2 Å². The monoisotopic (exact) mass is 368 g/mol. The molecule has 24 heavy (non-hydrogen) atoms. The van der Waals surface area contributed by atoms with Crippen molar-refractivity contribution in [1.82, 2.24) is 19.9 Å². The standard InChI is InChI=1S/C15H17ClN4O3S/c1-23-14-12(16)5-10(6-17-14)8-20-4-3-13-11(9-20)7-18-15(19-13)24(2,21)22/h5-7H,3-4,8-9H2,1-2H3. The number of methoxy groups -OCH3 is 1. The SMILES string of the molecule is COc1ncc(CN2CCc3nc(S(C)(=O)=O)ncc3C2)cc1Cl. The lowest BCUT2D eigenvalue weighted by atomic mass is 10.1. The summed E-state index contributed by atoms with van der Waals surface area (Å²) in [5, 5.41) is 0.370. The highest BCUT2D eigenvalue weighted by Gasteiger charge is 2.21. The number of rotatable bonds is 4. The number of aromatic nitrogens is 3. The molecule has 3 rings (SSSR count). The lowest BCUT2D eigenvalue weighted by molar-refractivity contribution is 0.241. The number of sulfone groups is 1. The van der Waals surface area contributed by atoms with Gasteiger partial charge in [0, 0.05) is 50.3 Å². The molecule has 7 nitrogen and oxygen atoms in total. The van der Waals surface area contributed by atoms with Crippen LogP contribution in [0.25, 0.3) is 0 Å². The topological polar surface area (TPSA) is 85.3 Å². The Labute approximate surface area is 145 Å². The molecular weight excluding hydrogens is 352 g/mol. The molecule has 0 atom stereocenters. The summed E-state index contributed by atoms with van der Waals surface area (Å²) in [6.45, 7) is 2.11. The molecule has 2 aromatic rings. The van der Waals surface area contributed by atoms with Gasteiger partial charge in [0.25, 0.3) is 0 Å². The van der Waals surface area contributed by atoms with Crippen molar-refractivity contribution in [1.29, 1.82) is 0 Å². The zero-order valence-corrected chi connectivity index (χ0v) is 14.9. The van der Waals surface area contributed by atoms with E-state index >= 15 is 0 Å². The van der Waals surface area contributed by atoms with Gasteiger partial charge in [-0.05, 0) is 11.6 Å². The summed E-state index contributed by atoms with van der Waals surface area (Å²) in [5.41, 5.74) is 2.73. The Kier molecular flexibility index (Phi) is 4.71. The number of pyridine rings is 1. The summed E-state index contributed by atoms with van der Waals surface area (Å²) < 4.78 is 28.1. The molecule has 1 aliphatic heterocycles. The first-order chi connectivity index (χ1) is 11.4. The van der Waals surface area contributed by atoms with Crippen LogP contribution < -0.4 is 4.74 Å². The Balaban J connectivity index is 1.75. The molecule has 0 N–H and O–H groups in total. The van der Waals surface area contributed by atoms with Gasteiger partial charge in [0.05, 0.1) is 12.8 Å². The van der Waals surface area contributed by atoms with Gasteiger partial charge in [0.2, 0.25) is 20.9 Å². The molecule has 128 valence electrons. The highest BCUT2D eigenvalue weighted by Crippen LogP contribution is 2.24. The molecular formula is C15H17ClN4O3S. The fraction of sp³-hybridized carbons (Fsp3) is 0.400. The van der Waals surface area contributed by atoms with Gasteiger partial charge in [0.15, 0.2) is 0 Å². The summed E-state index contributed by atoms with van der Waals surface area (Å²) in [6, 6.07) is 1.84. The van der Waals surface area contributed by atoms with Crippen LogP contribution in [0.15, 0.2) is 23.6 Å². The summed E-state index contributed by atoms with van der Waals surface area (Å²) in [6.07, 6.45) is 5.13. The first-order valence-electron chi connectivity index (χ1n) is 7.32. The summed E-state index contributed by atoms with van der Waals surface area (Å²) in [5.74, 6) is 0.408. The molecule has 3 heterocycles. The Hall–Kier alpha value is -1.77. The fourth-order valence-corrected chi connectivity index (χ4v) is 3.42. The van der Waals surface area contributed by atoms with Crippen molar-refractivity contribution in [2.24, 2.45) is 0 Å². The summed E-state index contributed by atoms with van der Waals surface area (Å²) in [4.78, 5) is 14.5. The lowest BCUT2D eigenvalue weighted by Gasteiger charge is -2.27. The van der Waals surface area contributed by atoms with Gasteiger partial charge in [-0.3, -0.25) is 4.90 Å². The molecule has 0 aliphatic carbocycles. The minimum Gasteiger partial charge on any atom is -0.480 e. The predicted molar refractivity (Wildman–Crippen MR) is 88.8 cm³/mol. The number of fused-ring (bicyclic) bond motifs is 1. The number of hydrogen-bond donors (Lipinski definition) is 0. The van der Waals surface area contributed by atoms with E-state index in [1.165, 1.54) is 7.11 Å². The van der Waals surface area contributed by atoms with Crippen molar-refractivity contribution in [2.75, 3.05) is 19.9 Å².